The van der Waals surface area contributed by atoms with Crippen molar-refractivity contribution in [3.05, 3.63) is 64.7 Å². The summed E-state index contributed by atoms with van der Waals surface area (Å²) in [5, 5.41) is 3.13. The Labute approximate surface area is 155 Å². The molecular formula is C22H26N2O2. The summed E-state index contributed by atoms with van der Waals surface area (Å²) in [7, 11) is 3.87. The number of rotatable bonds is 4. The molecule has 2 aliphatic heterocycles. The van der Waals surface area contributed by atoms with Gasteiger partial charge >= 0.3 is 0 Å². The van der Waals surface area contributed by atoms with Crippen molar-refractivity contribution >= 4 is 5.91 Å². The summed E-state index contributed by atoms with van der Waals surface area (Å²) < 4.78 is 5.45. The zero-order chi connectivity index (χ0) is 18.1. The normalized spacial score (nSPS) is 22.3. The van der Waals surface area contributed by atoms with Crippen LogP contribution in [0.1, 0.15) is 33.0 Å². The number of fused-ring (bicyclic) bond motifs is 3. The maximum atomic E-state index is 12.6. The number of likely N-dealkylation sites (tertiary alicyclic amines) is 1. The molecule has 0 bridgehead atoms. The fraction of sp³-hybridized carbons (Fsp3) is 0.409. The van der Waals surface area contributed by atoms with Gasteiger partial charge in [-0.2, -0.15) is 0 Å². The number of nitrogens with one attached hydrogen (secondary N) is 1. The minimum Gasteiger partial charge on any atom is -0.496 e. The number of ether oxygens (including phenoxy) is 1. The fourth-order valence-corrected chi connectivity index (χ4v) is 4.43. The van der Waals surface area contributed by atoms with Gasteiger partial charge in [0.1, 0.15) is 5.75 Å². The molecule has 0 radical (unpaired) electrons. The molecule has 2 aromatic rings. The number of methoxy groups -OCH3 is 1. The summed E-state index contributed by atoms with van der Waals surface area (Å²) >= 11 is 0. The van der Waals surface area contributed by atoms with E-state index in [1.54, 1.807) is 7.11 Å². The van der Waals surface area contributed by atoms with E-state index in [-0.39, 0.29) is 5.91 Å². The SMILES string of the molecule is COc1ccccc1CCc1ccc2c(c1)C(=O)NC[C@@H]1CN(C)C[C@@H]21. The van der Waals surface area contributed by atoms with Crippen LogP contribution in [-0.4, -0.2) is 44.6 Å². The highest BCUT2D eigenvalue weighted by atomic mass is 16.5. The molecule has 1 fully saturated rings. The number of aryl methyl sites for hydroxylation is 2. The topological polar surface area (TPSA) is 41.6 Å². The van der Waals surface area contributed by atoms with Crippen LogP contribution >= 0.6 is 0 Å². The molecule has 26 heavy (non-hydrogen) atoms. The average Bonchev–Trinajstić information content (AvgIpc) is 2.99. The first-order chi connectivity index (χ1) is 12.7. The molecule has 0 aliphatic carbocycles. The van der Waals surface area contributed by atoms with Crippen LogP contribution in [0, 0.1) is 5.92 Å². The van der Waals surface area contributed by atoms with Gasteiger partial charge in [-0.25, -0.2) is 0 Å². The van der Waals surface area contributed by atoms with E-state index in [2.05, 4.69) is 41.5 Å². The quantitative estimate of drug-likeness (QED) is 0.922. The molecule has 0 saturated carbocycles. The Hall–Kier alpha value is -2.33. The lowest BCUT2D eigenvalue weighted by Gasteiger charge is -2.17. The molecule has 4 heteroatoms. The molecular weight excluding hydrogens is 324 g/mol. The predicted molar refractivity (Wildman–Crippen MR) is 103 cm³/mol. The van der Waals surface area contributed by atoms with Crippen molar-refractivity contribution in [3.8, 4) is 5.75 Å². The van der Waals surface area contributed by atoms with Crippen molar-refractivity contribution in [2.75, 3.05) is 33.8 Å². The van der Waals surface area contributed by atoms with Crippen molar-refractivity contribution in [2.45, 2.75) is 18.8 Å². The summed E-state index contributed by atoms with van der Waals surface area (Å²) in [5.74, 6) is 1.98. The van der Waals surface area contributed by atoms with Crippen LogP contribution in [0.15, 0.2) is 42.5 Å². The molecule has 2 heterocycles. The van der Waals surface area contributed by atoms with Gasteiger partial charge < -0.3 is 15.0 Å². The Balaban J connectivity index is 1.57. The van der Waals surface area contributed by atoms with Crippen LogP contribution in [0.25, 0.3) is 0 Å². The molecule has 1 amide bonds. The van der Waals surface area contributed by atoms with Gasteiger partial charge in [-0.05, 0) is 54.6 Å². The lowest BCUT2D eigenvalue weighted by molar-refractivity contribution is 0.0951. The summed E-state index contributed by atoms with van der Waals surface area (Å²) in [6, 6.07) is 14.6. The lowest BCUT2D eigenvalue weighted by atomic mass is 9.86. The van der Waals surface area contributed by atoms with E-state index >= 15 is 0 Å². The van der Waals surface area contributed by atoms with E-state index in [1.165, 1.54) is 16.7 Å². The van der Waals surface area contributed by atoms with E-state index in [0.29, 0.717) is 11.8 Å². The number of hydrogen-bond donors (Lipinski definition) is 1. The first kappa shape index (κ1) is 17.1. The summed E-state index contributed by atoms with van der Waals surface area (Å²) in [6.07, 6.45) is 1.80. The number of amides is 1. The van der Waals surface area contributed by atoms with Crippen LogP contribution in [-0.2, 0) is 12.8 Å². The van der Waals surface area contributed by atoms with E-state index in [0.717, 1.165) is 43.8 Å². The molecule has 1 N–H and O–H groups in total. The third kappa shape index (κ3) is 3.21. The average molecular weight is 350 g/mol. The maximum absolute atomic E-state index is 12.6. The first-order valence-corrected chi connectivity index (χ1v) is 9.37. The lowest BCUT2D eigenvalue weighted by Crippen LogP contribution is -2.29. The second kappa shape index (κ2) is 7.12. The zero-order valence-electron chi connectivity index (χ0n) is 15.5. The number of nitrogens with zero attached hydrogens (tertiary/aromatic N) is 1. The van der Waals surface area contributed by atoms with E-state index in [9.17, 15) is 4.79 Å². The van der Waals surface area contributed by atoms with E-state index in [1.807, 2.05) is 18.2 Å². The highest BCUT2D eigenvalue weighted by Gasteiger charge is 2.36. The monoisotopic (exact) mass is 350 g/mol. The van der Waals surface area contributed by atoms with Gasteiger partial charge in [0.25, 0.3) is 5.91 Å². The van der Waals surface area contributed by atoms with Crippen LogP contribution in [0.3, 0.4) is 0 Å². The molecule has 4 rings (SSSR count). The minimum atomic E-state index is 0.0798. The Morgan fingerprint density at radius 2 is 2.00 bits per heavy atom. The van der Waals surface area contributed by atoms with Crippen molar-refractivity contribution in [1.29, 1.82) is 0 Å². The summed E-state index contributed by atoms with van der Waals surface area (Å²) in [4.78, 5) is 15.0. The smallest absolute Gasteiger partial charge is 0.251 e. The molecule has 1 saturated heterocycles. The Bertz CT molecular complexity index is 818. The number of carbonyl (C=O) groups excluding carboxylic acids is 1. The Morgan fingerprint density at radius 3 is 2.85 bits per heavy atom. The van der Waals surface area contributed by atoms with Gasteiger partial charge in [0, 0.05) is 31.1 Å². The summed E-state index contributed by atoms with van der Waals surface area (Å²) in [6.45, 7) is 2.87. The van der Waals surface area contributed by atoms with Crippen molar-refractivity contribution in [1.82, 2.24) is 10.2 Å². The van der Waals surface area contributed by atoms with Crippen molar-refractivity contribution in [3.63, 3.8) is 0 Å². The van der Waals surface area contributed by atoms with Crippen LogP contribution in [0.2, 0.25) is 0 Å². The molecule has 136 valence electrons. The van der Waals surface area contributed by atoms with E-state index in [4.69, 9.17) is 4.74 Å². The van der Waals surface area contributed by atoms with Gasteiger partial charge in [-0.3, -0.25) is 4.79 Å². The van der Waals surface area contributed by atoms with Gasteiger partial charge in [-0.15, -0.1) is 0 Å². The maximum Gasteiger partial charge on any atom is 0.251 e. The number of carbonyl (C=O) groups is 1. The minimum absolute atomic E-state index is 0.0798. The first-order valence-electron chi connectivity index (χ1n) is 9.37. The van der Waals surface area contributed by atoms with E-state index < -0.39 is 0 Å². The highest BCUT2D eigenvalue weighted by Crippen LogP contribution is 2.36. The second-order valence-corrected chi connectivity index (χ2v) is 7.53. The van der Waals surface area contributed by atoms with Crippen LogP contribution < -0.4 is 10.1 Å². The molecule has 4 nitrogen and oxygen atoms in total. The van der Waals surface area contributed by atoms with Gasteiger partial charge in [0.05, 0.1) is 7.11 Å². The van der Waals surface area contributed by atoms with Crippen molar-refractivity contribution in [2.24, 2.45) is 5.92 Å². The molecule has 0 spiro atoms. The van der Waals surface area contributed by atoms with Crippen LogP contribution in [0.4, 0.5) is 0 Å². The number of hydrogen-bond acceptors (Lipinski definition) is 3. The highest BCUT2D eigenvalue weighted by molar-refractivity contribution is 5.96. The molecule has 0 aromatic heterocycles. The molecule has 0 unspecified atom stereocenters. The number of para-hydroxylation sites is 1. The predicted octanol–water partition coefficient (Wildman–Crippen LogP) is 2.87. The summed E-state index contributed by atoms with van der Waals surface area (Å²) in [5.41, 5.74) is 4.49. The fourth-order valence-electron chi connectivity index (χ4n) is 4.43. The standard InChI is InChI=1S/C22H26N2O2/c1-24-13-17-12-23-22(25)19-11-15(8-10-18(19)20(17)14-24)7-9-16-5-3-4-6-21(16)26-2/h3-6,8,10-11,17,20H,7,9,12-14H2,1-2H3,(H,23,25)/t17-,20-/m1/s1. The van der Waals surface area contributed by atoms with Crippen molar-refractivity contribution < 1.29 is 9.53 Å². The molecule has 2 atom stereocenters. The second-order valence-electron chi connectivity index (χ2n) is 7.53. The van der Waals surface area contributed by atoms with Gasteiger partial charge in [-0.1, -0.05) is 30.3 Å². The van der Waals surface area contributed by atoms with Gasteiger partial charge in [0.2, 0.25) is 0 Å². The van der Waals surface area contributed by atoms with Gasteiger partial charge in [0.15, 0.2) is 0 Å². The zero-order valence-corrected chi connectivity index (χ0v) is 15.5. The Morgan fingerprint density at radius 1 is 1.15 bits per heavy atom. The molecule has 2 aromatic carbocycles. The number of benzene rings is 2. The largest absolute Gasteiger partial charge is 0.496 e. The third-order valence-electron chi connectivity index (χ3n) is 5.79. The number of likely N-dealkylation sites (N-methyl/N-ethyl adjacent to an activating group) is 1. The van der Waals surface area contributed by atoms with Crippen LogP contribution in [0.5, 0.6) is 5.75 Å². The molecule has 2 aliphatic rings. The Kier molecular flexibility index (Phi) is 4.68. The third-order valence-corrected chi connectivity index (χ3v) is 5.79.